The highest BCUT2D eigenvalue weighted by Gasteiger charge is 2.29. The van der Waals surface area contributed by atoms with Crippen LogP contribution in [-0.4, -0.2) is 11.4 Å². The summed E-state index contributed by atoms with van der Waals surface area (Å²) in [7, 11) is 0. The lowest BCUT2D eigenvalue weighted by Crippen LogP contribution is -2.23. The van der Waals surface area contributed by atoms with Crippen molar-refractivity contribution in [2.75, 3.05) is 0 Å². The van der Waals surface area contributed by atoms with Crippen molar-refractivity contribution < 1.29 is 9.53 Å². The molecule has 0 aromatic heterocycles. The molecule has 0 saturated heterocycles. The van der Waals surface area contributed by atoms with E-state index < -0.39 is 0 Å². The molecule has 0 fully saturated rings. The Morgan fingerprint density at radius 3 is 1.87 bits per heavy atom. The predicted octanol–water partition coefficient (Wildman–Crippen LogP) is 5.37. The lowest BCUT2D eigenvalue weighted by molar-refractivity contribution is 0.103. The number of rotatable bonds is 1. The van der Waals surface area contributed by atoms with E-state index >= 15 is 0 Å². The molecule has 23 heavy (non-hydrogen) atoms. The minimum atomic E-state index is -0.276. The van der Waals surface area contributed by atoms with Crippen LogP contribution in [0.3, 0.4) is 0 Å². The molecule has 120 valence electrons. The monoisotopic (exact) mass is 308 g/mol. The van der Waals surface area contributed by atoms with Crippen LogP contribution in [0.1, 0.15) is 63.0 Å². The Kier molecular flexibility index (Phi) is 3.40. The smallest absolute Gasteiger partial charge is 0.194 e. The molecule has 1 aliphatic rings. The summed E-state index contributed by atoms with van der Waals surface area (Å²) >= 11 is 0. The summed E-state index contributed by atoms with van der Waals surface area (Å²) in [5.74, 6) is 0.842. The van der Waals surface area contributed by atoms with Gasteiger partial charge in [-0.1, -0.05) is 32.9 Å². The molecule has 0 unspecified atom stereocenters. The van der Waals surface area contributed by atoms with Gasteiger partial charge in [-0.25, -0.2) is 0 Å². The van der Waals surface area contributed by atoms with Gasteiger partial charge < -0.3 is 4.74 Å². The van der Waals surface area contributed by atoms with Gasteiger partial charge in [0.25, 0.3) is 0 Å². The quantitative estimate of drug-likeness (QED) is 0.604. The molecule has 2 heteroatoms. The van der Waals surface area contributed by atoms with E-state index in [-0.39, 0.29) is 16.8 Å². The Balaban J connectivity index is 2.06. The van der Waals surface area contributed by atoms with Gasteiger partial charge in [0.2, 0.25) is 0 Å². The minimum Gasteiger partial charge on any atom is -0.488 e. The number of ether oxygens (including phenoxy) is 1. The Morgan fingerprint density at radius 1 is 0.739 bits per heavy atom. The molecular weight excluding hydrogens is 284 g/mol. The molecule has 0 heterocycles. The normalized spacial score (nSPS) is 13.7. The second-order valence-corrected chi connectivity index (χ2v) is 8.26. The highest BCUT2D eigenvalue weighted by molar-refractivity contribution is 6.22. The van der Waals surface area contributed by atoms with Crippen molar-refractivity contribution in [3.63, 3.8) is 0 Å². The van der Waals surface area contributed by atoms with E-state index in [0.717, 1.165) is 28.0 Å². The van der Waals surface area contributed by atoms with Gasteiger partial charge in [-0.15, -0.1) is 0 Å². The van der Waals surface area contributed by atoms with E-state index in [1.807, 2.05) is 45.0 Å². The van der Waals surface area contributed by atoms with Gasteiger partial charge >= 0.3 is 0 Å². The number of ketones is 1. The zero-order valence-electron chi connectivity index (χ0n) is 14.8. The number of hydrogen-bond acceptors (Lipinski definition) is 2. The van der Waals surface area contributed by atoms with Crippen molar-refractivity contribution in [3.05, 3.63) is 53.1 Å². The first-order chi connectivity index (χ1) is 10.6. The maximum Gasteiger partial charge on any atom is 0.194 e. The van der Waals surface area contributed by atoms with Crippen LogP contribution < -0.4 is 4.74 Å². The van der Waals surface area contributed by atoms with Crippen molar-refractivity contribution in [1.82, 2.24) is 0 Å². The fourth-order valence-corrected chi connectivity index (χ4v) is 2.94. The zero-order chi connectivity index (χ0) is 17.0. The molecule has 0 atom stereocenters. The standard InChI is InChI=1S/C21H24O2/c1-20(2,3)13-7-9-15-16-10-8-14(23-21(4,5)6)12-18(16)19(22)17(15)11-13/h7-12H,1-6H3. The lowest BCUT2D eigenvalue weighted by atomic mass is 9.85. The second kappa shape index (κ2) is 4.95. The topological polar surface area (TPSA) is 26.3 Å². The Labute approximate surface area is 138 Å². The van der Waals surface area contributed by atoms with Crippen LogP contribution in [0.15, 0.2) is 36.4 Å². The van der Waals surface area contributed by atoms with E-state index in [1.54, 1.807) is 0 Å². The largest absolute Gasteiger partial charge is 0.488 e. The number of benzene rings is 2. The predicted molar refractivity (Wildman–Crippen MR) is 94.4 cm³/mol. The molecule has 0 N–H and O–H groups in total. The first-order valence-electron chi connectivity index (χ1n) is 8.09. The van der Waals surface area contributed by atoms with Crippen molar-refractivity contribution >= 4 is 5.78 Å². The third kappa shape index (κ3) is 2.90. The highest BCUT2D eigenvalue weighted by Crippen LogP contribution is 2.40. The number of hydrogen-bond donors (Lipinski definition) is 0. The summed E-state index contributed by atoms with van der Waals surface area (Å²) in [6.07, 6.45) is 0. The Morgan fingerprint density at radius 2 is 1.30 bits per heavy atom. The fourth-order valence-electron chi connectivity index (χ4n) is 2.94. The summed E-state index contributed by atoms with van der Waals surface area (Å²) in [6, 6.07) is 12.1. The van der Waals surface area contributed by atoms with Crippen LogP contribution in [0.4, 0.5) is 0 Å². The lowest BCUT2D eigenvalue weighted by Gasteiger charge is -2.21. The third-order valence-electron chi connectivity index (χ3n) is 4.08. The molecule has 2 nitrogen and oxygen atoms in total. The summed E-state index contributed by atoms with van der Waals surface area (Å²) < 4.78 is 5.90. The zero-order valence-corrected chi connectivity index (χ0v) is 14.8. The summed E-state index contributed by atoms with van der Waals surface area (Å²) in [5.41, 5.74) is 4.52. The first kappa shape index (κ1) is 15.8. The van der Waals surface area contributed by atoms with Crippen LogP contribution >= 0.6 is 0 Å². The van der Waals surface area contributed by atoms with Gasteiger partial charge in [-0.3, -0.25) is 4.79 Å². The van der Waals surface area contributed by atoms with Crippen LogP contribution in [-0.2, 0) is 5.41 Å². The van der Waals surface area contributed by atoms with Crippen molar-refractivity contribution in [2.24, 2.45) is 0 Å². The molecule has 0 bridgehead atoms. The van der Waals surface area contributed by atoms with Gasteiger partial charge in [-0.05, 0) is 67.1 Å². The molecule has 0 spiro atoms. The van der Waals surface area contributed by atoms with Crippen molar-refractivity contribution in [2.45, 2.75) is 52.6 Å². The number of carbonyl (C=O) groups excluding carboxylic acids is 1. The molecule has 3 rings (SSSR count). The average Bonchev–Trinajstić information content (AvgIpc) is 2.69. The maximum atomic E-state index is 12.8. The highest BCUT2D eigenvalue weighted by atomic mass is 16.5. The molecule has 1 aliphatic carbocycles. The average molecular weight is 308 g/mol. The first-order valence-corrected chi connectivity index (χ1v) is 8.09. The van der Waals surface area contributed by atoms with Gasteiger partial charge in [-0.2, -0.15) is 0 Å². The SMILES string of the molecule is CC(C)(C)Oc1ccc2c(c1)C(=O)c1cc(C(C)(C)C)ccc1-2. The minimum absolute atomic E-state index is 0.0323. The summed E-state index contributed by atoms with van der Waals surface area (Å²) in [4.78, 5) is 12.8. The Bertz CT molecular complexity index is 786. The van der Waals surface area contributed by atoms with Crippen LogP contribution in [0.25, 0.3) is 11.1 Å². The van der Waals surface area contributed by atoms with E-state index in [1.165, 1.54) is 5.56 Å². The van der Waals surface area contributed by atoms with E-state index in [9.17, 15) is 4.79 Å². The third-order valence-corrected chi connectivity index (χ3v) is 4.08. The molecule has 2 aromatic rings. The second-order valence-electron chi connectivity index (χ2n) is 8.26. The molecule has 0 radical (unpaired) electrons. The number of fused-ring (bicyclic) bond motifs is 3. The van der Waals surface area contributed by atoms with Crippen molar-refractivity contribution in [1.29, 1.82) is 0 Å². The van der Waals surface area contributed by atoms with Gasteiger partial charge in [0, 0.05) is 11.1 Å². The molecule has 0 aliphatic heterocycles. The molecular formula is C21H24O2. The van der Waals surface area contributed by atoms with Crippen LogP contribution in [0.2, 0.25) is 0 Å². The van der Waals surface area contributed by atoms with E-state index in [4.69, 9.17) is 4.74 Å². The summed E-state index contributed by atoms with van der Waals surface area (Å²) in [5, 5.41) is 0. The van der Waals surface area contributed by atoms with Crippen LogP contribution in [0.5, 0.6) is 5.75 Å². The number of carbonyl (C=O) groups is 1. The van der Waals surface area contributed by atoms with E-state index in [0.29, 0.717) is 0 Å². The molecule has 0 saturated carbocycles. The van der Waals surface area contributed by atoms with Crippen LogP contribution in [0, 0.1) is 0 Å². The fraction of sp³-hybridized carbons (Fsp3) is 0.381. The Hall–Kier alpha value is -2.09. The molecule has 2 aromatic carbocycles. The maximum absolute atomic E-state index is 12.8. The summed E-state index contributed by atoms with van der Waals surface area (Å²) in [6.45, 7) is 12.5. The van der Waals surface area contributed by atoms with Gasteiger partial charge in [0.15, 0.2) is 5.78 Å². The van der Waals surface area contributed by atoms with Gasteiger partial charge in [0.05, 0.1) is 0 Å². The molecule has 0 amide bonds. The van der Waals surface area contributed by atoms with Crippen molar-refractivity contribution in [3.8, 4) is 16.9 Å². The van der Waals surface area contributed by atoms with Gasteiger partial charge in [0.1, 0.15) is 11.4 Å². The van der Waals surface area contributed by atoms with E-state index in [2.05, 4.69) is 32.9 Å².